The highest BCUT2D eigenvalue weighted by molar-refractivity contribution is 6.99. The summed E-state index contributed by atoms with van der Waals surface area (Å²) in [4.78, 5) is 4.35. The molecule has 5 nitrogen and oxygen atoms in total. The number of nitrogens with one attached hydrogen (secondary N) is 1. The molecule has 0 aliphatic carbocycles. The van der Waals surface area contributed by atoms with E-state index in [1.807, 2.05) is 30.2 Å². The largest absolute Gasteiger partial charge is 0.338 e. The van der Waals surface area contributed by atoms with E-state index in [2.05, 4.69) is 26.0 Å². The smallest absolute Gasteiger partial charge is 0.110 e. The van der Waals surface area contributed by atoms with Crippen LogP contribution in [0.15, 0.2) is 18.6 Å². The SMILES string of the molecule is CCCNC(Cc1nccn1C)c1cnsn1. The van der Waals surface area contributed by atoms with E-state index in [1.165, 1.54) is 11.7 Å². The highest BCUT2D eigenvalue weighted by Crippen LogP contribution is 2.15. The average Bonchev–Trinajstić information content (AvgIpc) is 2.96. The third kappa shape index (κ3) is 3.10. The maximum absolute atomic E-state index is 4.35. The van der Waals surface area contributed by atoms with Gasteiger partial charge in [-0.3, -0.25) is 0 Å². The van der Waals surface area contributed by atoms with Gasteiger partial charge in [-0.2, -0.15) is 8.75 Å². The van der Waals surface area contributed by atoms with Gasteiger partial charge in [0.15, 0.2) is 0 Å². The summed E-state index contributed by atoms with van der Waals surface area (Å²) < 4.78 is 10.4. The van der Waals surface area contributed by atoms with Crippen LogP contribution in [0.5, 0.6) is 0 Å². The van der Waals surface area contributed by atoms with Gasteiger partial charge in [-0.25, -0.2) is 4.98 Å². The number of aromatic nitrogens is 4. The fourth-order valence-electron chi connectivity index (χ4n) is 1.70. The number of hydrogen-bond donors (Lipinski definition) is 1. The molecule has 6 heteroatoms. The summed E-state index contributed by atoms with van der Waals surface area (Å²) in [6.45, 7) is 3.14. The van der Waals surface area contributed by atoms with Gasteiger partial charge in [0.2, 0.25) is 0 Å². The second-order valence-electron chi connectivity index (χ2n) is 4.00. The van der Waals surface area contributed by atoms with E-state index in [0.717, 1.165) is 30.9 Å². The Morgan fingerprint density at radius 1 is 1.53 bits per heavy atom. The van der Waals surface area contributed by atoms with Crippen LogP contribution < -0.4 is 5.32 Å². The van der Waals surface area contributed by atoms with Gasteiger partial charge < -0.3 is 9.88 Å². The Morgan fingerprint density at radius 3 is 3.00 bits per heavy atom. The highest BCUT2D eigenvalue weighted by Gasteiger charge is 2.16. The topological polar surface area (TPSA) is 55.6 Å². The number of nitrogens with zero attached hydrogens (tertiary/aromatic N) is 4. The zero-order valence-corrected chi connectivity index (χ0v) is 10.9. The average molecular weight is 251 g/mol. The molecule has 17 heavy (non-hydrogen) atoms. The molecule has 92 valence electrons. The second-order valence-corrected chi connectivity index (χ2v) is 4.55. The molecule has 0 amide bonds. The Kier molecular flexibility index (Phi) is 4.22. The lowest BCUT2D eigenvalue weighted by Gasteiger charge is -2.15. The predicted octanol–water partition coefficient (Wildman–Crippen LogP) is 1.55. The van der Waals surface area contributed by atoms with Crippen LogP contribution in [-0.4, -0.2) is 24.8 Å². The predicted molar refractivity (Wildman–Crippen MR) is 67.9 cm³/mol. The van der Waals surface area contributed by atoms with Gasteiger partial charge >= 0.3 is 0 Å². The lowest BCUT2D eigenvalue weighted by atomic mass is 10.1. The van der Waals surface area contributed by atoms with Crippen molar-refractivity contribution in [2.24, 2.45) is 7.05 Å². The number of rotatable bonds is 6. The quantitative estimate of drug-likeness (QED) is 0.846. The van der Waals surface area contributed by atoms with Crippen LogP contribution in [0, 0.1) is 0 Å². The number of imidazole rings is 1. The summed E-state index contributed by atoms with van der Waals surface area (Å²) in [6.07, 6.45) is 7.57. The fourth-order valence-corrected chi connectivity index (χ4v) is 2.17. The van der Waals surface area contributed by atoms with Crippen molar-refractivity contribution in [3.8, 4) is 0 Å². The van der Waals surface area contributed by atoms with Crippen molar-refractivity contribution >= 4 is 11.7 Å². The normalized spacial score (nSPS) is 12.8. The van der Waals surface area contributed by atoms with Crippen LogP contribution in [-0.2, 0) is 13.5 Å². The molecular weight excluding hydrogens is 234 g/mol. The molecule has 0 aliphatic heterocycles. The zero-order valence-electron chi connectivity index (χ0n) is 10.1. The van der Waals surface area contributed by atoms with E-state index in [-0.39, 0.29) is 6.04 Å². The first-order valence-corrected chi connectivity index (χ1v) is 6.51. The van der Waals surface area contributed by atoms with Crippen LogP contribution in [0.25, 0.3) is 0 Å². The molecule has 0 saturated heterocycles. The van der Waals surface area contributed by atoms with Crippen molar-refractivity contribution in [3.05, 3.63) is 30.1 Å². The molecule has 0 aliphatic rings. The monoisotopic (exact) mass is 251 g/mol. The second kappa shape index (κ2) is 5.88. The van der Waals surface area contributed by atoms with Crippen LogP contribution >= 0.6 is 11.7 Å². The number of hydrogen-bond acceptors (Lipinski definition) is 5. The van der Waals surface area contributed by atoms with Crippen LogP contribution in [0.4, 0.5) is 0 Å². The molecule has 0 fully saturated rings. The van der Waals surface area contributed by atoms with Gasteiger partial charge in [-0.1, -0.05) is 6.92 Å². The van der Waals surface area contributed by atoms with Gasteiger partial charge in [0.25, 0.3) is 0 Å². The molecule has 1 N–H and O–H groups in total. The maximum Gasteiger partial charge on any atom is 0.110 e. The molecule has 2 rings (SSSR count). The van der Waals surface area contributed by atoms with Crippen molar-refractivity contribution in [2.45, 2.75) is 25.8 Å². The van der Waals surface area contributed by atoms with E-state index in [9.17, 15) is 0 Å². The summed E-state index contributed by atoms with van der Waals surface area (Å²) in [5.41, 5.74) is 1.01. The molecule has 2 aromatic heterocycles. The highest BCUT2D eigenvalue weighted by atomic mass is 32.1. The molecule has 0 radical (unpaired) electrons. The zero-order chi connectivity index (χ0) is 12.1. The van der Waals surface area contributed by atoms with Crippen LogP contribution in [0.2, 0.25) is 0 Å². The van der Waals surface area contributed by atoms with Crippen molar-refractivity contribution in [3.63, 3.8) is 0 Å². The summed E-state index contributed by atoms with van der Waals surface area (Å²) >= 11 is 1.25. The standard InChI is InChI=1S/C11H17N5S/c1-3-4-12-9(10-8-14-17-15-10)7-11-13-5-6-16(11)2/h5-6,8-9,12H,3-4,7H2,1-2H3. The van der Waals surface area contributed by atoms with Crippen molar-refractivity contribution in [1.82, 2.24) is 23.6 Å². The van der Waals surface area contributed by atoms with E-state index in [0.29, 0.717) is 0 Å². The van der Waals surface area contributed by atoms with Gasteiger partial charge in [0.1, 0.15) is 5.82 Å². The van der Waals surface area contributed by atoms with E-state index in [4.69, 9.17) is 0 Å². The first-order chi connectivity index (χ1) is 8.31. The molecule has 1 atom stereocenters. The molecule has 1 unspecified atom stereocenters. The molecule has 0 aromatic carbocycles. The molecule has 0 bridgehead atoms. The minimum absolute atomic E-state index is 0.204. The molecule has 0 spiro atoms. The molecule has 0 saturated carbocycles. The minimum Gasteiger partial charge on any atom is -0.338 e. The van der Waals surface area contributed by atoms with Gasteiger partial charge in [-0.15, -0.1) is 0 Å². The van der Waals surface area contributed by atoms with Crippen molar-refractivity contribution in [2.75, 3.05) is 6.54 Å². The minimum atomic E-state index is 0.204. The van der Waals surface area contributed by atoms with E-state index in [1.54, 1.807) is 0 Å². The molecular formula is C11H17N5S. The van der Waals surface area contributed by atoms with Gasteiger partial charge in [0, 0.05) is 25.9 Å². The third-order valence-corrected chi connectivity index (χ3v) is 3.18. The van der Waals surface area contributed by atoms with Crippen molar-refractivity contribution in [1.29, 1.82) is 0 Å². The van der Waals surface area contributed by atoms with Crippen molar-refractivity contribution < 1.29 is 0 Å². The van der Waals surface area contributed by atoms with E-state index >= 15 is 0 Å². The Bertz CT molecular complexity index is 436. The lowest BCUT2D eigenvalue weighted by molar-refractivity contribution is 0.504. The van der Waals surface area contributed by atoms with Crippen LogP contribution in [0.3, 0.4) is 0 Å². The summed E-state index contributed by atoms with van der Waals surface area (Å²) in [7, 11) is 2.01. The molecule has 2 aromatic rings. The van der Waals surface area contributed by atoms with Crippen LogP contribution in [0.1, 0.15) is 30.9 Å². The lowest BCUT2D eigenvalue weighted by Crippen LogP contribution is -2.25. The Morgan fingerprint density at radius 2 is 2.41 bits per heavy atom. The first-order valence-electron chi connectivity index (χ1n) is 5.78. The van der Waals surface area contributed by atoms with E-state index < -0.39 is 0 Å². The summed E-state index contributed by atoms with van der Waals surface area (Å²) in [6, 6.07) is 0.204. The maximum atomic E-state index is 4.35. The Hall–Kier alpha value is -1.27. The number of aryl methyl sites for hydroxylation is 1. The molecule has 2 heterocycles. The van der Waals surface area contributed by atoms with Gasteiger partial charge in [-0.05, 0) is 13.0 Å². The summed E-state index contributed by atoms with van der Waals surface area (Å²) in [5, 5.41) is 3.49. The van der Waals surface area contributed by atoms with Gasteiger partial charge in [0.05, 0.1) is 29.7 Å². The third-order valence-electron chi connectivity index (χ3n) is 2.68. The first kappa shape index (κ1) is 12.2. The summed E-state index contributed by atoms with van der Waals surface area (Å²) in [5.74, 6) is 1.06. The Balaban J connectivity index is 2.08. The Labute approximate surface area is 105 Å². The fraction of sp³-hybridized carbons (Fsp3) is 0.545.